The number of hydrogen-bond acceptors (Lipinski definition) is 12. The first-order chi connectivity index (χ1) is 38.0. The van der Waals surface area contributed by atoms with Gasteiger partial charge in [0, 0.05) is 84.2 Å². The van der Waals surface area contributed by atoms with Crippen LogP contribution in [0.1, 0.15) is 94.2 Å². The van der Waals surface area contributed by atoms with Crippen molar-refractivity contribution in [1.29, 1.82) is 0 Å². The average Bonchev–Trinajstić information content (AvgIpc) is 3.37. The van der Waals surface area contributed by atoms with Crippen molar-refractivity contribution in [1.82, 2.24) is 29.4 Å². The molecule has 0 radical (unpaired) electrons. The predicted molar refractivity (Wildman–Crippen MR) is 313 cm³/mol. The van der Waals surface area contributed by atoms with Crippen LogP contribution in [0.3, 0.4) is 0 Å². The van der Waals surface area contributed by atoms with Crippen LogP contribution in [0, 0.1) is 0 Å². The van der Waals surface area contributed by atoms with E-state index in [9.17, 15) is 0 Å². The summed E-state index contributed by atoms with van der Waals surface area (Å²) < 4.78 is 0. The minimum absolute atomic E-state index is 0.111. The third-order valence-electron chi connectivity index (χ3n) is 24.0. The van der Waals surface area contributed by atoms with Crippen LogP contribution >= 0.6 is 0 Å². The third kappa shape index (κ3) is 4.87. The Balaban J connectivity index is 0.804. The van der Waals surface area contributed by atoms with Crippen molar-refractivity contribution in [3.63, 3.8) is 0 Å². The topological polar surface area (TPSA) is 91.6 Å². The molecule has 12 heterocycles. The summed E-state index contributed by atoms with van der Waals surface area (Å²) >= 11 is 0. The van der Waals surface area contributed by atoms with Gasteiger partial charge in [0.05, 0.1) is 58.7 Å². The number of benzene rings is 6. The van der Waals surface area contributed by atoms with E-state index in [0.29, 0.717) is 0 Å². The maximum Gasteiger partial charge on any atom is 0.0933 e. The lowest BCUT2D eigenvalue weighted by Gasteiger charge is -2.48. The number of likely N-dealkylation sites (N-methyl/N-ethyl adjacent to an activating group) is 6. The number of anilines is 6. The van der Waals surface area contributed by atoms with Gasteiger partial charge in [0.1, 0.15) is 0 Å². The Labute approximate surface area is 459 Å². The van der Waals surface area contributed by atoms with E-state index in [-0.39, 0.29) is 69.5 Å². The molecule has 0 spiro atoms. The zero-order valence-electron chi connectivity index (χ0n) is 46.2. The summed E-state index contributed by atoms with van der Waals surface area (Å²) in [6.07, 6.45) is 7.49. The zero-order valence-corrected chi connectivity index (χ0v) is 46.2. The molecule has 12 aliphatic heterocycles. The molecule has 0 bridgehead atoms. The van der Waals surface area contributed by atoms with Crippen LogP contribution in [0.25, 0.3) is 0 Å². The van der Waals surface area contributed by atoms with Gasteiger partial charge in [0.15, 0.2) is 0 Å². The molecular weight excluding hydrogens is 961 g/mol. The zero-order chi connectivity index (χ0) is 52.0. The Bertz CT molecular complexity index is 3600. The fraction of sp³-hybridized carbons (Fsp3) is 0.455. The lowest BCUT2D eigenvalue weighted by atomic mass is 9.54. The van der Waals surface area contributed by atoms with Crippen molar-refractivity contribution in [3.8, 4) is 0 Å². The molecule has 6 aromatic rings. The molecule has 78 heavy (non-hydrogen) atoms. The molecule has 0 unspecified atom stereocenters. The van der Waals surface area contributed by atoms with Crippen molar-refractivity contribution < 1.29 is 0 Å². The van der Waals surface area contributed by atoms with Crippen molar-refractivity contribution in [3.05, 3.63) is 177 Å². The summed E-state index contributed by atoms with van der Waals surface area (Å²) in [4.78, 5) is 15.7. The lowest BCUT2D eigenvalue weighted by Crippen LogP contribution is -2.60. The van der Waals surface area contributed by atoms with E-state index in [1.807, 2.05) is 0 Å². The van der Waals surface area contributed by atoms with E-state index in [1.165, 1.54) is 89.8 Å². The fourth-order valence-electron chi connectivity index (χ4n) is 20.8. The number of hydrogen-bond donors (Lipinski definition) is 6. The van der Waals surface area contributed by atoms with Crippen LogP contribution in [0.2, 0.25) is 0 Å². The van der Waals surface area contributed by atoms with E-state index in [1.54, 1.807) is 0 Å². The maximum atomic E-state index is 4.52. The number of para-hydroxylation sites is 6. The average molecular weight is 1040 g/mol. The van der Waals surface area contributed by atoms with Crippen LogP contribution in [0.4, 0.5) is 34.1 Å². The van der Waals surface area contributed by atoms with E-state index in [2.05, 4.69) is 225 Å². The highest BCUT2D eigenvalue weighted by atomic mass is 15.4. The van der Waals surface area contributed by atoms with Crippen LogP contribution in [0.15, 0.2) is 121 Å². The first kappa shape index (κ1) is 45.7. The van der Waals surface area contributed by atoms with E-state index >= 15 is 0 Å². The van der Waals surface area contributed by atoms with Gasteiger partial charge in [0.2, 0.25) is 0 Å². The van der Waals surface area contributed by atoms with Gasteiger partial charge in [-0.2, -0.15) is 0 Å². The monoisotopic (exact) mass is 1030 g/mol. The molecule has 0 aromatic heterocycles. The van der Waals surface area contributed by atoms with Gasteiger partial charge in [0.25, 0.3) is 0 Å². The van der Waals surface area contributed by atoms with Gasteiger partial charge in [-0.1, -0.05) is 109 Å². The summed E-state index contributed by atoms with van der Waals surface area (Å²) in [5.74, 6) is 0. The minimum Gasteiger partial charge on any atom is -0.368 e. The highest BCUT2D eigenvalue weighted by Crippen LogP contribution is 2.70. The summed E-state index contributed by atoms with van der Waals surface area (Å²) in [5, 5.41) is 25.8. The molecule has 12 heteroatoms. The Morgan fingerprint density at radius 1 is 0.269 bits per heavy atom. The maximum absolute atomic E-state index is 4.52. The molecule has 0 saturated carbocycles. The molecule has 12 aliphatic rings. The predicted octanol–water partition coefficient (Wildman–Crippen LogP) is 8.53. The van der Waals surface area contributed by atoms with Gasteiger partial charge >= 0.3 is 0 Å². The van der Waals surface area contributed by atoms with Crippen LogP contribution in [-0.4, -0.2) is 148 Å². The Morgan fingerprint density at radius 2 is 0.513 bits per heavy atom. The Hall–Kier alpha value is -6.12. The molecule has 6 fully saturated rings. The molecule has 0 amide bonds. The minimum atomic E-state index is -0.266. The Kier molecular flexibility index (Phi) is 8.79. The first-order valence-electron chi connectivity index (χ1n) is 29.6. The van der Waals surface area contributed by atoms with E-state index in [4.69, 9.17) is 0 Å². The summed E-state index contributed by atoms with van der Waals surface area (Å²) in [6.45, 7) is 6.31. The summed E-state index contributed by atoms with van der Waals surface area (Å²) in [5.41, 5.74) is 21.6. The van der Waals surface area contributed by atoms with Crippen LogP contribution in [-0.2, 0) is 32.5 Å². The van der Waals surface area contributed by atoms with Crippen LogP contribution < -0.4 is 31.9 Å². The molecule has 6 aromatic carbocycles. The molecule has 6 saturated heterocycles. The second-order valence-corrected chi connectivity index (χ2v) is 26.5. The highest BCUT2D eigenvalue weighted by molar-refractivity contribution is 5.85. The van der Waals surface area contributed by atoms with Crippen molar-refractivity contribution >= 4 is 34.1 Å². The van der Waals surface area contributed by atoms with Crippen molar-refractivity contribution in [2.75, 3.05) is 113 Å². The normalized spacial score (nSPS) is 38.1. The third-order valence-corrected chi connectivity index (χ3v) is 24.0. The standard InChI is InChI=1S/C66H74N12/c1-73-33-27-61(39-15-7-9-25-49(39)67-55(61)73)41-17-11-18-42-51(41)69-57-63(42,29-35-75(57)3)43-19-12-20-44-52(43)70-58-64(44,30-36-76(58)4)46-22-14-24-48-54(46)72-60-66(48,32-38-78(60)6)65-31-37-77(5)59(65)71-53-45(21-13-23-47(53)65)62-28-34-74(2)56(62)68-50-26-10-8-16-40(50)62/h7-26,55-60,67-72H,27-38H2,1-6H3/t55-,56-,57+,58-,59-,60+,61-,62-,63+,64-,65+,66-/m1/s1. The second kappa shape index (κ2) is 15.0. The van der Waals surface area contributed by atoms with Gasteiger partial charge in [-0.05, 0) is 149 Å². The quantitative estimate of drug-likeness (QED) is 0.100. The van der Waals surface area contributed by atoms with Crippen molar-refractivity contribution in [2.45, 2.75) is 108 Å². The summed E-state index contributed by atoms with van der Waals surface area (Å²) in [6, 6.07) is 48.1. The number of rotatable bonds is 5. The smallest absolute Gasteiger partial charge is 0.0933 e. The van der Waals surface area contributed by atoms with Crippen molar-refractivity contribution in [2.24, 2.45) is 0 Å². The molecule has 18 rings (SSSR count). The largest absolute Gasteiger partial charge is 0.368 e. The fourth-order valence-corrected chi connectivity index (χ4v) is 20.8. The lowest BCUT2D eigenvalue weighted by molar-refractivity contribution is 0.147. The van der Waals surface area contributed by atoms with Gasteiger partial charge in [-0.25, -0.2) is 0 Å². The number of fused-ring (bicyclic) bond motifs is 19. The molecule has 12 nitrogen and oxygen atoms in total. The van der Waals surface area contributed by atoms with Crippen LogP contribution in [0.5, 0.6) is 0 Å². The van der Waals surface area contributed by atoms with Gasteiger partial charge < -0.3 is 31.9 Å². The molecular formula is C66H74N12. The Morgan fingerprint density at radius 3 is 0.872 bits per heavy atom. The molecule has 6 N–H and O–H groups in total. The first-order valence-corrected chi connectivity index (χ1v) is 29.6. The number of likely N-dealkylation sites (tertiary alicyclic amines) is 6. The second-order valence-electron chi connectivity index (χ2n) is 26.5. The summed E-state index contributed by atoms with van der Waals surface area (Å²) in [7, 11) is 14.1. The number of nitrogens with one attached hydrogen (secondary N) is 6. The van der Waals surface area contributed by atoms with E-state index in [0.717, 1.165) is 77.8 Å². The molecule has 12 atom stereocenters. The van der Waals surface area contributed by atoms with Gasteiger partial charge in [-0.3, -0.25) is 29.4 Å². The van der Waals surface area contributed by atoms with E-state index < -0.39 is 0 Å². The van der Waals surface area contributed by atoms with Gasteiger partial charge in [-0.15, -0.1) is 0 Å². The highest BCUT2D eigenvalue weighted by Gasteiger charge is 2.73. The molecule has 0 aliphatic carbocycles. The number of nitrogens with zero attached hydrogens (tertiary/aromatic N) is 6. The molecule has 398 valence electrons. The SMILES string of the molecule is CN1CC[C@]2(c3cccc4c3N[C@H]3N(C)CC[C@@]43c3cccc4c3N[C@@H]3N(C)CC[C@]43c3cccc4c3N[C@H]3N(C)CC[C@@]43[C@]34CCN(C)[C@H]3Nc3c([C@]56CCN(C)[C@H]5Nc5ccccc56)cccc34)c3ccccc3N[C@H]12.